The molecule has 0 saturated carbocycles. The Balaban J connectivity index is 2.11. The van der Waals surface area contributed by atoms with E-state index in [2.05, 4.69) is 11.9 Å². The number of nitrogens with zero attached hydrogens (tertiary/aromatic N) is 1. The largest absolute Gasteiger partial charge is 0.450 e. The van der Waals surface area contributed by atoms with Crippen LogP contribution in [-0.4, -0.2) is 29.9 Å². The number of rotatable bonds is 5. The van der Waals surface area contributed by atoms with Gasteiger partial charge >= 0.3 is 0 Å². The van der Waals surface area contributed by atoms with Crippen molar-refractivity contribution in [2.75, 3.05) is 13.2 Å². The van der Waals surface area contributed by atoms with Gasteiger partial charge < -0.3 is 14.6 Å². The molecule has 28 heavy (non-hydrogen) atoms. The highest BCUT2D eigenvalue weighted by Gasteiger charge is 2.28. The van der Waals surface area contributed by atoms with Gasteiger partial charge in [-0.1, -0.05) is 48.0 Å². The lowest BCUT2D eigenvalue weighted by Crippen LogP contribution is -2.29. The van der Waals surface area contributed by atoms with Crippen LogP contribution in [-0.2, 0) is 4.79 Å². The maximum Gasteiger partial charge on any atom is 0.291 e. The summed E-state index contributed by atoms with van der Waals surface area (Å²) in [5, 5.41) is 3.21. The molecule has 1 aromatic heterocycles. The van der Waals surface area contributed by atoms with E-state index in [9.17, 15) is 9.59 Å². The first-order chi connectivity index (χ1) is 13.4. The lowest BCUT2D eigenvalue weighted by Gasteiger charge is -2.10. The van der Waals surface area contributed by atoms with E-state index in [-0.39, 0.29) is 30.8 Å². The lowest BCUT2D eigenvalue weighted by molar-refractivity contribution is -0.118. The summed E-state index contributed by atoms with van der Waals surface area (Å²) in [5.74, 6) is 0.208. The van der Waals surface area contributed by atoms with Gasteiger partial charge in [0.25, 0.3) is 5.91 Å². The normalized spacial score (nSPS) is 15.0. The number of furan rings is 1. The number of nitrogens with one attached hydrogen (secondary N) is 1. The smallest absolute Gasteiger partial charge is 0.291 e. The minimum absolute atomic E-state index is 0.0211. The average molecular weight is 397 g/mol. The molecule has 0 spiro atoms. The number of halogens is 1. The Bertz CT molecular complexity index is 1000. The zero-order valence-electron chi connectivity index (χ0n) is 15.8. The fraction of sp³-hybridized carbons (Fsp3) is 0.182. The van der Waals surface area contributed by atoms with Gasteiger partial charge in [0.05, 0.1) is 6.67 Å². The zero-order chi connectivity index (χ0) is 20.3. The van der Waals surface area contributed by atoms with Gasteiger partial charge in [-0.2, -0.15) is 0 Å². The van der Waals surface area contributed by atoms with E-state index < -0.39 is 0 Å². The van der Waals surface area contributed by atoms with Crippen LogP contribution < -0.4 is 5.32 Å². The van der Waals surface area contributed by atoms with Crippen LogP contribution in [0.3, 0.4) is 0 Å². The minimum atomic E-state index is -0.340. The van der Waals surface area contributed by atoms with Gasteiger partial charge in [-0.25, -0.2) is 0 Å². The second kappa shape index (κ2) is 8.31. The van der Waals surface area contributed by atoms with Crippen molar-refractivity contribution < 1.29 is 14.0 Å². The lowest BCUT2D eigenvalue weighted by atomic mass is 10.0. The van der Waals surface area contributed by atoms with Crippen LogP contribution in [0.4, 0.5) is 0 Å². The maximum absolute atomic E-state index is 12.8. The van der Waals surface area contributed by atoms with Crippen LogP contribution in [0.5, 0.6) is 0 Å². The second-order valence-electron chi connectivity index (χ2n) is 6.46. The van der Waals surface area contributed by atoms with E-state index >= 15 is 0 Å². The summed E-state index contributed by atoms with van der Waals surface area (Å²) in [5.41, 5.74) is 3.38. The van der Waals surface area contributed by atoms with E-state index in [0.29, 0.717) is 10.8 Å². The topological polar surface area (TPSA) is 62.6 Å². The number of allylic oxidation sites excluding steroid dienone is 5. The van der Waals surface area contributed by atoms with Gasteiger partial charge in [-0.05, 0) is 43.7 Å². The number of benzene rings is 1. The van der Waals surface area contributed by atoms with Crippen molar-refractivity contribution >= 4 is 29.0 Å². The highest BCUT2D eigenvalue weighted by Crippen LogP contribution is 2.35. The molecule has 0 bridgehead atoms. The summed E-state index contributed by atoms with van der Waals surface area (Å²) in [4.78, 5) is 25.7. The molecule has 6 heteroatoms. The van der Waals surface area contributed by atoms with Crippen LogP contribution in [0.25, 0.3) is 16.7 Å². The van der Waals surface area contributed by atoms with Crippen molar-refractivity contribution in [2.24, 2.45) is 0 Å². The highest BCUT2D eigenvalue weighted by atomic mass is 35.5. The van der Waals surface area contributed by atoms with Crippen LogP contribution in [0, 0.1) is 0 Å². The molecule has 1 aliphatic heterocycles. The Morgan fingerprint density at radius 2 is 2.14 bits per heavy atom. The first-order valence-corrected chi connectivity index (χ1v) is 9.24. The molecule has 0 unspecified atom stereocenters. The average Bonchev–Trinajstić information content (AvgIpc) is 3.32. The van der Waals surface area contributed by atoms with Crippen LogP contribution in [0.2, 0.25) is 5.02 Å². The van der Waals surface area contributed by atoms with Crippen LogP contribution >= 0.6 is 11.6 Å². The molecule has 1 fully saturated rings. The van der Waals surface area contributed by atoms with Gasteiger partial charge in [0.15, 0.2) is 5.76 Å². The highest BCUT2D eigenvalue weighted by molar-refractivity contribution is 6.30. The summed E-state index contributed by atoms with van der Waals surface area (Å²) >= 11 is 6.16. The summed E-state index contributed by atoms with van der Waals surface area (Å²) in [6.07, 6.45) is 5.60. The molecule has 0 radical (unpaired) electrons. The van der Waals surface area contributed by atoms with Gasteiger partial charge in [0, 0.05) is 16.2 Å². The Kier molecular flexibility index (Phi) is 5.85. The van der Waals surface area contributed by atoms with Gasteiger partial charge in [-0.15, -0.1) is 0 Å². The van der Waals surface area contributed by atoms with Crippen molar-refractivity contribution in [3.63, 3.8) is 0 Å². The predicted octanol–water partition coefficient (Wildman–Crippen LogP) is 4.67. The second-order valence-corrected chi connectivity index (χ2v) is 6.90. The molecular formula is C22H21ClN2O3. The van der Waals surface area contributed by atoms with Crippen molar-refractivity contribution in [1.29, 1.82) is 0 Å². The van der Waals surface area contributed by atoms with Crippen molar-refractivity contribution in [3.05, 3.63) is 77.3 Å². The molecule has 2 amide bonds. The molecule has 0 atom stereocenters. The van der Waals surface area contributed by atoms with E-state index in [1.54, 1.807) is 18.2 Å². The van der Waals surface area contributed by atoms with Crippen molar-refractivity contribution in [1.82, 2.24) is 10.2 Å². The fourth-order valence-electron chi connectivity index (χ4n) is 2.93. The summed E-state index contributed by atoms with van der Waals surface area (Å²) in [6.45, 7) is 7.81. The van der Waals surface area contributed by atoms with Crippen LogP contribution in [0.1, 0.15) is 30.2 Å². The molecule has 144 valence electrons. The third-order valence-electron chi connectivity index (χ3n) is 4.45. The van der Waals surface area contributed by atoms with E-state index in [0.717, 1.165) is 22.3 Å². The molecule has 5 nitrogen and oxygen atoms in total. The zero-order valence-corrected chi connectivity index (χ0v) is 16.5. The Hall–Kier alpha value is -3.05. The van der Waals surface area contributed by atoms with Gasteiger partial charge in [-0.3, -0.25) is 9.59 Å². The summed E-state index contributed by atoms with van der Waals surface area (Å²) in [6, 6.07) is 9.07. The minimum Gasteiger partial charge on any atom is -0.450 e. The number of carbonyl (C=O) groups is 2. The first kappa shape index (κ1) is 19.7. The fourth-order valence-corrected chi connectivity index (χ4v) is 3.12. The number of amides is 2. The maximum atomic E-state index is 12.8. The summed E-state index contributed by atoms with van der Waals surface area (Å²) in [7, 11) is 0. The standard InChI is InChI=1S/C22H21ClN2O3/c1-4-14(3)9-15(5-2)21-18(16-7-6-8-17(23)10-16)11-19(28-21)22(27)25-12-20(26)24-13-25/h4-11H,1,12-13H2,2-3H3,(H,24,26)/b14-9-,15-5+. The first-order valence-electron chi connectivity index (χ1n) is 8.86. The van der Waals surface area contributed by atoms with Gasteiger partial charge in [0.2, 0.25) is 5.91 Å². The third kappa shape index (κ3) is 4.10. The molecule has 0 aliphatic carbocycles. The summed E-state index contributed by atoms with van der Waals surface area (Å²) < 4.78 is 6.00. The molecule has 1 aliphatic rings. The van der Waals surface area contributed by atoms with Crippen molar-refractivity contribution in [3.8, 4) is 11.1 Å². The van der Waals surface area contributed by atoms with E-state index in [1.165, 1.54) is 4.90 Å². The molecule has 2 aromatic rings. The molecule has 3 rings (SSSR count). The monoisotopic (exact) mass is 396 g/mol. The Labute approximate surface area is 169 Å². The number of carbonyl (C=O) groups excluding carboxylic acids is 2. The van der Waals surface area contributed by atoms with Gasteiger partial charge in [0.1, 0.15) is 12.3 Å². The number of hydrogen-bond acceptors (Lipinski definition) is 3. The molecular weight excluding hydrogens is 376 g/mol. The molecule has 2 heterocycles. The molecule has 1 aromatic carbocycles. The van der Waals surface area contributed by atoms with E-state index in [1.807, 2.05) is 44.2 Å². The Morgan fingerprint density at radius 3 is 2.75 bits per heavy atom. The van der Waals surface area contributed by atoms with E-state index in [4.69, 9.17) is 16.0 Å². The third-order valence-corrected chi connectivity index (χ3v) is 4.68. The van der Waals surface area contributed by atoms with Crippen LogP contribution in [0.15, 0.2) is 65.1 Å². The predicted molar refractivity (Wildman–Crippen MR) is 111 cm³/mol. The quantitative estimate of drug-likeness (QED) is 0.747. The Morgan fingerprint density at radius 1 is 1.36 bits per heavy atom. The SMILES string of the molecule is C=C/C(C)=C\C(=C/C)c1oc(C(=O)N2CNC(=O)C2)cc1-c1cccc(Cl)c1. The van der Waals surface area contributed by atoms with Crippen molar-refractivity contribution in [2.45, 2.75) is 13.8 Å². The molecule has 1 N–H and O–H groups in total. The number of hydrogen-bond donors (Lipinski definition) is 1. The molecule has 1 saturated heterocycles.